The van der Waals surface area contributed by atoms with Crippen molar-refractivity contribution in [1.82, 2.24) is 0 Å². The van der Waals surface area contributed by atoms with Gasteiger partial charge in [-0.1, -0.05) is 76.5 Å². The van der Waals surface area contributed by atoms with Crippen molar-refractivity contribution < 1.29 is 0 Å². The van der Waals surface area contributed by atoms with Crippen LogP contribution in [0, 0.1) is 5.92 Å². The van der Waals surface area contributed by atoms with Crippen LogP contribution in [0.5, 0.6) is 0 Å². The summed E-state index contributed by atoms with van der Waals surface area (Å²) >= 11 is 0. The molecule has 0 aliphatic carbocycles. The molecule has 0 saturated carbocycles. The molecule has 1 atom stereocenters. The van der Waals surface area contributed by atoms with Crippen LogP contribution in [0.3, 0.4) is 0 Å². The smallest absolute Gasteiger partial charge is 0.000744 e. The number of rotatable bonds is 5. The molecule has 0 fully saturated rings. The molecule has 0 aromatic rings. The molecule has 0 aromatic carbocycles. The minimum atomic E-state index is 0.409. The predicted molar refractivity (Wildman–Crippen MR) is 72.9 cm³/mol. The normalized spacial score (nSPS) is 13.5. The fourth-order valence-corrected chi connectivity index (χ4v) is 1.04. The summed E-state index contributed by atoms with van der Waals surface area (Å²) in [6.07, 6.45) is 13.8. The molecule has 0 amide bonds. The highest BCUT2D eigenvalue weighted by Gasteiger charge is 1.98. The van der Waals surface area contributed by atoms with Crippen molar-refractivity contribution in [3.8, 4) is 0 Å². The van der Waals surface area contributed by atoms with E-state index in [4.69, 9.17) is 0 Å². The standard InChI is InChI=1S/C13H18.C2H6/c1-5-8-11-12(4)13(9-6-2)10-7-3;1-2/h5-12H,1-2H2,3-4H3;1-2H3/b10-7-,11-8-,13-9+;. The van der Waals surface area contributed by atoms with E-state index in [1.807, 2.05) is 45.1 Å². The summed E-state index contributed by atoms with van der Waals surface area (Å²) in [4.78, 5) is 0. The maximum absolute atomic E-state index is 3.69. The lowest BCUT2D eigenvalue weighted by Crippen LogP contribution is -1.91. The van der Waals surface area contributed by atoms with Gasteiger partial charge in [0.1, 0.15) is 0 Å². The Morgan fingerprint density at radius 1 is 1.13 bits per heavy atom. The first-order valence-electron chi connectivity index (χ1n) is 5.50. The maximum atomic E-state index is 3.69. The van der Waals surface area contributed by atoms with Crippen LogP contribution in [0.1, 0.15) is 27.7 Å². The average Bonchev–Trinajstić information content (AvgIpc) is 2.28. The van der Waals surface area contributed by atoms with E-state index in [0.717, 1.165) is 0 Å². The molecule has 0 N–H and O–H groups in total. The molecule has 1 unspecified atom stereocenters. The van der Waals surface area contributed by atoms with Crippen LogP contribution in [0.15, 0.2) is 61.3 Å². The Balaban J connectivity index is 0. The summed E-state index contributed by atoms with van der Waals surface area (Å²) in [5, 5.41) is 0. The van der Waals surface area contributed by atoms with E-state index in [-0.39, 0.29) is 0 Å². The van der Waals surface area contributed by atoms with Crippen LogP contribution in [-0.2, 0) is 0 Å². The summed E-state index contributed by atoms with van der Waals surface area (Å²) in [5.41, 5.74) is 1.26. The largest absolute Gasteiger partial charge is 0.0991 e. The summed E-state index contributed by atoms with van der Waals surface area (Å²) in [6, 6.07) is 0. The first kappa shape index (κ1) is 16.1. The van der Waals surface area contributed by atoms with E-state index in [1.54, 1.807) is 6.08 Å². The second-order valence-electron chi connectivity index (χ2n) is 2.81. The van der Waals surface area contributed by atoms with Gasteiger partial charge < -0.3 is 0 Å². The molecule has 0 nitrogen and oxygen atoms in total. The van der Waals surface area contributed by atoms with Gasteiger partial charge in [0.15, 0.2) is 0 Å². The van der Waals surface area contributed by atoms with Crippen molar-refractivity contribution in [3.05, 3.63) is 61.3 Å². The average molecular weight is 204 g/mol. The van der Waals surface area contributed by atoms with Gasteiger partial charge in [-0.25, -0.2) is 0 Å². The summed E-state index contributed by atoms with van der Waals surface area (Å²) in [7, 11) is 0. The molecule has 0 aromatic heterocycles. The third kappa shape index (κ3) is 9.01. The zero-order valence-corrected chi connectivity index (χ0v) is 10.5. The molecule has 0 bridgehead atoms. The molecule has 0 saturated heterocycles. The molecule has 0 heteroatoms. The molecule has 0 aliphatic heterocycles. The molecular formula is C15H24. The van der Waals surface area contributed by atoms with Crippen molar-refractivity contribution in [2.45, 2.75) is 27.7 Å². The minimum absolute atomic E-state index is 0.409. The second-order valence-corrected chi connectivity index (χ2v) is 2.81. The lowest BCUT2D eigenvalue weighted by molar-refractivity contribution is 0.891. The molecule has 0 rings (SSSR count). The zero-order valence-electron chi connectivity index (χ0n) is 10.5. The third-order valence-electron chi connectivity index (χ3n) is 1.73. The van der Waals surface area contributed by atoms with Gasteiger partial charge in [-0.05, 0) is 18.4 Å². The van der Waals surface area contributed by atoms with Crippen LogP contribution in [0.25, 0.3) is 0 Å². The first-order chi connectivity index (χ1) is 7.26. The highest BCUT2D eigenvalue weighted by atomic mass is 14.0. The SMILES string of the molecule is C=C/C=C\C(C)C(/C=C\C)=C/C=C.CC. The van der Waals surface area contributed by atoms with Gasteiger partial charge >= 0.3 is 0 Å². The van der Waals surface area contributed by atoms with E-state index in [1.165, 1.54) is 5.57 Å². The quantitative estimate of drug-likeness (QED) is 0.548. The van der Waals surface area contributed by atoms with E-state index in [2.05, 4.69) is 32.2 Å². The molecule has 0 radical (unpaired) electrons. The highest BCUT2D eigenvalue weighted by Crippen LogP contribution is 2.13. The van der Waals surface area contributed by atoms with Gasteiger partial charge in [0.05, 0.1) is 0 Å². The van der Waals surface area contributed by atoms with Crippen molar-refractivity contribution in [2.75, 3.05) is 0 Å². The molecule has 84 valence electrons. The van der Waals surface area contributed by atoms with Crippen LogP contribution in [0.2, 0.25) is 0 Å². The minimum Gasteiger partial charge on any atom is -0.0991 e. The fourth-order valence-electron chi connectivity index (χ4n) is 1.04. The van der Waals surface area contributed by atoms with Gasteiger partial charge in [0.25, 0.3) is 0 Å². The Kier molecular flexibility index (Phi) is 13.7. The molecular weight excluding hydrogens is 180 g/mol. The van der Waals surface area contributed by atoms with E-state index in [9.17, 15) is 0 Å². The van der Waals surface area contributed by atoms with Crippen LogP contribution >= 0.6 is 0 Å². The van der Waals surface area contributed by atoms with Crippen LogP contribution < -0.4 is 0 Å². The Morgan fingerprint density at radius 3 is 2.13 bits per heavy atom. The Labute approximate surface area is 95.4 Å². The second kappa shape index (κ2) is 12.7. The van der Waals surface area contributed by atoms with Crippen molar-refractivity contribution in [1.29, 1.82) is 0 Å². The topological polar surface area (TPSA) is 0 Å². The lowest BCUT2D eigenvalue weighted by Gasteiger charge is -2.06. The molecule has 0 aliphatic rings. The molecule has 0 heterocycles. The highest BCUT2D eigenvalue weighted by molar-refractivity contribution is 5.28. The van der Waals surface area contributed by atoms with E-state index >= 15 is 0 Å². The number of hydrogen-bond donors (Lipinski definition) is 0. The van der Waals surface area contributed by atoms with Crippen LogP contribution in [-0.4, -0.2) is 0 Å². The van der Waals surface area contributed by atoms with Crippen LogP contribution in [0.4, 0.5) is 0 Å². The van der Waals surface area contributed by atoms with Gasteiger partial charge in [0, 0.05) is 0 Å². The Bertz CT molecular complexity index is 239. The Morgan fingerprint density at radius 2 is 1.73 bits per heavy atom. The fraction of sp³-hybridized carbons (Fsp3) is 0.333. The lowest BCUT2D eigenvalue weighted by atomic mass is 9.99. The van der Waals surface area contributed by atoms with Gasteiger partial charge in [0.2, 0.25) is 0 Å². The van der Waals surface area contributed by atoms with Gasteiger partial charge in [-0.15, -0.1) is 0 Å². The number of allylic oxidation sites excluding steroid dienone is 8. The third-order valence-corrected chi connectivity index (χ3v) is 1.73. The number of hydrogen-bond acceptors (Lipinski definition) is 0. The molecule has 15 heavy (non-hydrogen) atoms. The summed E-state index contributed by atoms with van der Waals surface area (Å²) in [6.45, 7) is 15.5. The first-order valence-corrected chi connectivity index (χ1v) is 5.50. The van der Waals surface area contributed by atoms with Crippen molar-refractivity contribution in [2.24, 2.45) is 5.92 Å². The Hall–Kier alpha value is -1.30. The maximum Gasteiger partial charge on any atom is -0.000744 e. The van der Waals surface area contributed by atoms with Crippen molar-refractivity contribution >= 4 is 0 Å². The molecule has 0 spiro atoms. The predicted octanol–water partition coefficient (Wildman–Crippen LogP) is 5.08. The summed E-state index contributed by atoms with van der Waals surface area (Å²) < 4.78 is 0. The van der Waals surface area contributed by atoms with Gasteiger partial charge in [-0.3, -0.25) is 0 Å². The van der Waals surface area contributed by atoms with E-state index < -0.39 is 0 Å². The van der Waals surface area contributed by atoms with Gasteiger partial charge in [-0.2, -0.15) is 0 Å². The zero-order chi connectivity index (χ0) is 12.1. The van der Waals surface area contributed by atoms with Crippen molar-refractivity contribution in [3.63, 3.8) is 0 Å². The monoisotopic (exact) mass is 204 g/mol. The van der Waals surface area contributed by atoms with E-state index in [0.29, 0.717) is 5.92 Å². The summed E-state index contributed by atoms with van der Waals surface area (Å²) in [5.74, 6) is 0.409.